The molecule has 1 atom stereocenters. The molecular weight excluding hydrogens is 379 g/mol. The molecule has 134 valence electrons. The molecule has 1 aliphatic heterocycles. The molecule has 1 fully saturated rings. The molecule has 25 heavy (non-hydrogen) atoms. The van der Waals surface area contributed by atoms with Crippen LogP contribution < -0.4 is 10.2 Å². The van der Waals surface area contributed by atoms with Crippen LogP contribution in [-0.4, -0.2) is 38.8 Å². The zero-order valence-corrected chi connectivity index (χ0v) is 16.1. The van der Waals surface area contributed by atoms with Crippen LogP contribution in [0.15, 0.2) is 35.7 Å². The van der Waals surface area contributed by atoms with E-state index in [1.807, 2.05) is 0 Å². The van der Waals surface area contributed by atoms with Crippen LogP contribution in [0.25, 0.3) is 0 Å². The Labute approximate surface area is 161 Å². The van der Waals surface area contributed by atoms with Crippen molar-refractivity contribution in [2.75, 3.05) is 32.8 Å². The molecule has 2 aromatic rings. The highest BCUT2D eigenvalue weighted by molar-refractivity contribution is 7.10. The number of benzene rings is 1. The topological polar surface area (TPSA) is 42.8 Å². The molecule has 1 aromatic heterocycles. The van der Waals surface area contributed by atoms with Gasteiger partial charge in [-0.3, -0.25) is 4.79 Å². The number of carbonyl (C=O) groups excluding carboxylic acids is 1. The monoisotopic (exact) mass is 399 g/mol. The largest absolute Gasteiger partial charge is 0.370 e. The van der Waals surface area contributed by atoms with Crippen LogP contribution in [0.2, 0.25) is 10.0 Å². The van der Waals surface area contributed by atoms with Gasteiger partial charge in [0.15, 0.2) is 0 Å². The van der Waals surface area contributed by atoms with Crippen molar-refractivity contribution < 1.29 is 14.4 Å². The summed E-state index contributed by atoms with van der Waals surface area (Å²) >= 11 is 13.8. The normalized spacial score (nSPS) is 16.6. The van der Waals surface area contributed by atoms with Gasteiger partial charge in [0.2, 0.25) is 5.91 Å². The Morgan fingerprint density at radius 1 is 1.28 bits per heavy atom. The minimum Gasteiger partial charge on any atom is -0.370 e. The first-order valence-corrected chi connectivity index (χ1v) is 9.93. The molecule has 0 radical (unpaired) electrons. The van der Waals surface area contributed by atoms with Gasteiger partial charge in [0, 0.05) is 10.0 Å². The van der Waals surface area contributed by atoms with Gasteiger partial charge in [0.1, 0.15) is 19.1 Å². The third-order valence-electron chi connectivity index (χ3n) is 4.38. The number of hydrogen-bond donors (Lipinski definition) is 2. The van der Waals surface area contributed by atoms with E-state index in [0.29, 0.717) is 16.6 Å². The van der Waals surface area contributed by atoms with Gasteiger partial charge in [0.05, 0.1) is 31.1 Å². The van der Waals surface area contributed by atoms with Gasteiger partial charge in [-0.05, 0) is 29.1 Å². The molecular formula is C18H21Cl2N2O2S+. The second-order valence-corrected chi connectivity index (χ2v) is 7.88. The van der Waals surface area contributed by atoms with E-state index in [1.54, 1.807) is 29.5 Å². The molecule has 1 saturated heterocycles. The summed E-state index contributed by atoms with van der Waals surface area (Å²) in [5.74, 6) is -0.0292. The number of halogens is 2. The molecule has 7 heteroatoms. The summed E-state index contributed by atoms with van der Waals surface area (Å²) in [5.41, 5.74) is 0.787. The van der Waals surface area contributed by atoms with Gasteiger partial charge in [-0.15, -0.1) is 11.3 Å². The SMILES string of the molecule is O=C(Cc1ccc(Cl)cc1Cl)NC[C@H](c1cccs1)[NH+]1CCOCC1. The van der Waals surface area contributed by atoms with E-state index in [0.717, 1.165) is 31.9 Å². The van der Waals surface area contributed by atoms with Gasteiger partial charge in [0.25, 0.3) is 0 Å². The van der Waals surface area contributed by atoms with E-state index in [1.165, 1.54) is 9.78 Å². The fourth-order valence-electron chi connectivity index (χ4n) is 3.03. The molecule has 0 bridgehead atoms. The molecule has 0 aliphatic carbocycles. The summed E-state index contributed by atoms with van der Waals surface area (Å²) < 4.78 is 5.46. The highest BCUT2D eigenvalue weighted by Crippen LogP contribution is 2.21. The molecule has 1 aromatic carbocycles. The Hall–Kier alpha value is -1.11. The highest BCUT2D eigenvalue weighted by atomic mass is 35.5. The molecule has 1 aliphatic rings. The van der Waals surface area contributed by atoms with Crippen molar-refractivity contribution in [3.8, 4) is 0 Å². The number of morpholine rings is 1. The maximum atomic E-state index is 12.4. The number of ether oxygens (including phenoxy) is 1. The standard InChI is InChI=1S/C18H20Cl2N2O2S/c19-14-4-3-13(15(20)11-14)10-18(23)21-12-16(17-2-1-9-25-17)22-5-7-24-8-6-22/h1-4,9,11,16H,5-8,10,12H2,(H,21,23)/p+1/t16-/m1/s1. The summed E-state index contributed by atoms with van der Waals surface area (Å²) in [6.07, 6.45) is 0.256. The highest BCUT2D eigenvalue weighted by Gasteiger charge is 2.27. The summed E-state index contributed by atoms with van der Waals surface area (Å²) in [7, 11) is 0. The van der Waals surface area contributed by atoms with Gasteiger partial charge >= 0.3 is 0 Å². The van der Waals surface area contributed by atoms with Crippen LogP contribution in [0.3, 0.4) is 0 Å². The van der Waals surface area contributed by atoms with Gasteiger partial charge < -0.3 is 15.0 Å². The zero-order chi connectivity index (χ0) is 17.6. The third-order valence-corrected chi connectivity index (χ3v) is 5.96. The number of rotatable bonds is 6. The lowest BCUT2D eigenvalue weighted by atomic mass is 10.1. The average molecular weight is 400 g/mol. The Balaban J connectivity index is 1.61. The van der Waals surface area contributed by atoms with Crippen molar-refractivity contribution in [3.63, 3.8) is 0 Å². The van der Waals surface area contributed by atoms with Crippen LogP contribution >= 0.6 is 34.5 Å². The number of carbonyl (C=O) groups is 1. The van der Waals surface area contributed by atoms with Crippen molar-refractivity contribution in [2.24, 2.45) is 0 Å². The molecule has 4 nitrogen and oxygen atoms in total. The number of thiophene rings is 1. The first-order chi connectivity index (χ1) is 12.1. The first-order valence-electron chi connectivity index (χ1n) is 8.30. The van der Waals surface area contributed by atoms with E-state index in [4.69, 9.17) is 27.9 Å². The van der Waals surface area contributed by atoms with E-state index >= 15 is 0 Å². The maximum absolute atomic E-state index is 12.4. The van der Waals surface area contributed by atoms with E-state index in [2.05, 4.69) is 22.8 Å². The average Bonchev–Trinajstić information content (AvgIpc) is 3.13. The minimum absolute atomic E-state index is 0.0292. The molecule has 3 rings (SSSR count). The van der Waals surface area contributed by atoms with E-state index < -0.39 is 0 Å². The van der Waals surface area contributed by atoms with Crippen molar-refractivity contribution in [2.45, 2.75) is 12.5 Å². The first kappa shape index (κ1) is 18.7. The Morgan fingerprint density at radius 3 is 2.76 bits per heavy atom. The van der Waals surface area contributed by atoms with Crippen LogP contribution in [-0.2, 0) is 16.0 Å². The number of nitrogens with one attached hydrogen (secondary N) is 2. The van der Waals surface area contributed by atoms with E-state index in [-0.39, 0.29) is 18.4 Å². The predicted molar refractivity (Wildman–Crippen MR) is 102 cm³/mol. The lowest BCUT2D eigenvalue weighted by Crippen LogP contribution is -3.15. The van der Waals surface area contributed by atoms with Crippen LogP contribution in [0.1, 0.15) is 16.5 Å². The van der Waals surface area contributed by atoms with Crippen LogP contribution in [0.5, 0.6) is 0 Å². The summed E-state index contributed by atoms with van der Waals surface area (Å²) in [6, 6.07) is 9.67. The molecule has 0 spiro atoms. The third kappa shape index (κ3) is 5.19. The quantitative estimate of drug-likeness (QED) is 0.782. The van der Waals surface area contributed by atoms with Crippen LogP contribution in [0.4, 0.5) is 0 Å². The van der Waals surface area contributed by atoms with Crippen molar-refractivity contribution >= 4 is 40.4 Å². The van der Waals surface area contributed by atoms with Crippen molar-refractivity contribution in [3.05, 3.63) is 56.2 Å². The maximum Gasteiger partial charge on any atom is 0.224 e. The summed E-state index contributed by atoms with van der Waals surface area (Å²) in [6.45, 7) is 4.07. The molecule has 1 amide bonds. The smallest absolute Gasteiger partial charge is 0.224 e. The minimum atomic E-state index is -0.0292. The summed E-state index contributed by atoms with van der Waals surface area (Å²) in [5, 5.41) is 6.25. The van der Waals surface area contributed by atoms with Gasteiger partial charge in [-0.2, -0.15) is 0 Å². The van der Waals surface area contributed by atoms with Gasteiger partial charge in [-0.25, -0.2) is 0 Å². The molecule has 2 N–H and O–H groups in total. The van der Waals surface area contributed by atoms with Crippen molar-refractivity contribution in [1.82, 2.24) is 5.32 Å². The Morgan fingerprint density at radius 2 is 2.08 bits per heavy atom. The number of amides is 1. The Kier molecular flexibility index (Phi) is 6.73. The second-order valence-electron chi connectivity index (χ2n) is 6.06. The number of quaternary nitrogens is 1. The van der Waals surface area contributed by atoms with Gasteiger partial charge in [-0.1, -0.05) is 35.3 Å². The molecule has 0 unspecified atom stereocenters. The zero-order valence-electron chi connectivity index (χ0n) is 13.8. The molecule has 2 heterocycles. The fourth-order valence-corrected chi connectivity index (χ4v) is 4.40. The van der Waals surface area contributed by atoms with Crippen LogP contribution in [0, 0.1) is 0 Å². The Bertz CT molecular complexity index is 703. The van der Waals surface area contributed by atoms with Crippen molar-refractivity contribution in [1.29, 1.82) is 0 Å². The fraction of sp³-hybridized carbons (Fsp3) is 0.389. The lowest BCUT2D eigenvalue weighted by Gasteiger charge is -2.31. The predicted octanol–water partition coefficient (Wildman–Crippen LogP) is 2.37. The van der Waals surface area contributed by atoms with E-state index in [9.17, 15) is 4.79 Å². The summed E-state index contributed by atoms with van der Waals surface area (Å²) in [4.78, 5) is 15.1. The lowest BCUT2D eigenvalue weighted by molar-refractivity contribution is -0.937. The second kappa shape index (κ2) is 9.01. The molecule has 0 saturated carbocycles. The number of hydrogen-bond acceptors (Lipinski definition) is 3.